The van der Waals surface area contributed by atoms with Gasteiger partial charge in [-0.25, -0.2) is 4.52 Å². The van der Waals surface area contributed by atoms with E-state index in [-0.39, 0.29) is 5.54 Å². The lowest BCUT2D eigenvalue weighted by Gasteiger charge is -2.19. The first-order valence-electron chi connectivity index (χ1n) is 5.22. The molecule has 1 N–H and O–H groups in total. The molecule has 0 aliphatic carbocycles. The Labute approximate surface area is 90.1 Å². The summed E-state index contributed by atoms with van der Waals surface area (Å²) in [6.45, 7) is 7.35. The SMILES string of the molecule is CC(C)(C)NCc1cnn2ccccc12. The molecule has 15 heavy (non-hydrogen) atoms. The van der Waals surface area contributed by atoms with Crippen LogP contribution in [0.1, 0.15) is 26.3 Å². The van der Waals surface area contributed by atoms with Gasteiger partial charge in [0, 0.05) is 23.8 Å². The lowest BCUT2D eigenvalue weighted by Crippen LogP contribution is -2.34. The summed E-state index contributed by atoms with van der Waals surface area (Å²) >= 11 is 0. The van der Waals surface area contributed by atoms with E-state index in [1.807, 2.05) is 29.0 Å². The highest BCUT2D eigenvalue weighted by molar-refractivity contribution is 5.53. The molecule has 0 unspecified atom stereocenters. The van der Waals surface area contributed by atoms with Gasteiger partial charge in [-0.1, -0.05) is 6.07 Å². The molecule has 0 saturated carbocycles. The summed E-state index contributed by atoms with van der Waals surface area (Å²) < 4.78 is 1.90. The highest BCUT2D eigenvalue weighted by Crippen LogP contribution is 2.11. The molecule has 0 aliphatic rings. The van der Waals surface area contributed by atoms with Crippen LogP contribution in [-0.4, -0.2) is 15.2 Å². The molecule has 0 saturated heterocycles. The fraction of sp³-hybridized carbons (Fsp3) is 0.417. The summed E-state index contributed by atoms with van der Waals surface area (Å²) in [5, 5.41) is 7.76. The fourth-order valence-corrected chi connectivity index (χ4v) is 1.48. The number of pyridine rings is 1. The highest BCUT2D eigenvalue weighted by atomic mass is 15.2. The highest BCUT2D eigenvalue weighted by Gasteiger charge is 2.10. The van der Waals surface area contributed by atoms with E-state index in [0.717, 1.165) is 6.54 Å². The minimum absolute atomic E-state index is 0.142. The minimum Gasteiger partial charge on any atom is -0.308 e. The number of nitrogens with zero attached hydrogens (tertiary/aromatic N) is 2. The van der Waals surface area contributed by atoms with E-state index in [1.165, 1.54) is 11.1 Å². The first kappa shape index (κ1) is 10.2. The molecule has 0 spiro atoms. The van der Waals surface area contributed by atoms with E-state index in [9.17, 15) is 0 Å². The number of hydrogen-bond acceptors (Lipinski definition) is 2. The van der Waals surface area contributed by atoms with Crippen molar-refractivity contribution in [3.8, 4) is 0 Å². The van der Waals surface area contributed by atoms with Crippen LogP contribution in [0.25, 0.3) is 5.52 Å². The third-order valence-corrected chi connectivity index (χ3v) is 2.32. The Bertz CT molecular complexity index is 451. The Kier molecular flexibility index (Phi) is 2.49. The molecule has 0 amide bonds. The van der Waals surface area contributed by atoms with E-state index < -0.39 is 0 Å². The second kappa shape index (κ2) is 3.66. The summed E-state index contributed by atoms with van der Waals surface area (Å²) in [5.74, 6) is 0. The Hall–Kier alpha value is -1.35. The molecule has 0 aliphatic heterocycles. The first-order valence-corrected chi connectivity index (χ1v) is 5.22. The molecule has 3 heteroatoms. The number of fused-ring (bicyclic) bond motifs is 1. The zero-order valence-electron chi connectivity index (χ0n) is 9.49. The van der Waals surface area contributed by atoms with Crippen molar-refractivity contribution in [3.05, 3.63) is 36.2 Å². The molecule has 2 aromatic rings. The van der Waals surface area contributed by atoms with Crippen LogP contribution in [0.3, 0.4) is 0 Å². The van der Waals surface area contributed by atoms with Gasteiger partial charge in [0.05, 0.1) is 11.7 Å². The van der Waals surface area contributed by atoms with Crippen LogP contribution >= 0.6 is 0 Å². The third-order valence-electron chi connectivity index (χ3n) is 2.32. The van der Waals surface area contributed by atoms with Gasteiger partial charge in [0.15, 0.2) is 0 Å². The van der Waals surface area contributed by atoms with Crippen molar-refractivity contribution in [1.29, 1.82) is 0 Å². The Morgan fingerprint density at radius 3 is 2.87 bits per heavy atom. The van der Waals surface area contributed by atoms with Gasteiger partial charge >= 0.3 is 0 Å². The molecule has 2 aromatic heterocycles. The largest absolute Gasteiger partial charge is 0.308 e. The predicted molar refractivity (Wildman–Crippen MR) is 61.8 cm³/mol. The second-order valence-electron chi connectivity index (χ2n) is 4.80. The monoisotopic (exact) mass is 203 g/mol. The van der Waals surface area contributed by atoms with Gasteiger partial charge in [0.25, 0.3) is 0 Å². The van der Waals surface area contributed by atoms with E-state index in [1.54, 1.807) is 0 Å². The average molecular weight is 203 g/mol. The summed E-state index contributed by atoms with van der Waals surface area (Å²) in [7, 11) is 0. The smallest absolute Gasteiger partial charge is 0.0706 e. The molecular weight excluding hydrogens is 186 g/mol. The van der Waals surface area contributed by atoms with Crippen molar-refractivity contribution in [3.63, 3.8) is 0 Å². The fourth-order valence-electron chi connectivity index (χ4n) is 1.48. The molecule has 0 atom stereocenters. The maximum absolute atomic E-state index is 4.30. The van der Waals surface area contributed by atoms with Crippen LogP contribution in [0.4, 0.5) is 0 Å². The van der Waals surface area contributed by atoms with Crippen LogP contribution in [0.15, 0.2) is 30.6 Å². The molecule has 2 heterocycles. The summed E-state index contributed by atoms with van der Waals surface area (Å²) in [6.07, 6.45) is 3.89. The van der Waals surface area contributed by atoms with Crippen LogP contribution < -0.4 is 5.32 Å². The van der Waals surface area contributed by atoms with Crippen molar-refractivity contribution < 1.29 is 0 Å². The Morgan fingerprint density at radius 2 is 2.13 bits per heavy atom. The molecule has 0 bridgehead atoms. The van der Waals surface area contributed by atoms with Crippen molar-refractivity contribution in [2.24, 2.45) is 0 Å². The van der Waals surface area contributed by atoms with Gasteiger partial charge in [-0.15, -0.1) is 0 Å². The standard InChI is InChI=1S/C12H17N3/c1-12(2,3)13-8-10-9-14-15-7-5-4-6-11(10)15/h4-7,9,13H,8H2,1-3H3. The quantitative estimate of drug-likeness (QED) is 0.811. The van der Waals surface area contributed by atoms with Crippen molar-refractivity contribution in [2.75, 3.05) is 0 Å². The topological polar surface area (TPSA) is 29.3 Å². The molecule has 0 aromatic carbocycles. The maximum Gasteiger partial charge on any atom is 0.0706 e. The number of hydrogen-bond donors (Lipinski definition) is 1. The molecule has 0 radical (unpaired) electrons. The van der Waals surface area contributed by atoms with Crippen molar-refractivity contribution in [2.45, 2.75) is 32.9 Å². The molecule has 2 rings (SSSR count). The zero-order chi connectivity index (χ0) is 10.9. The van der Waals surface area contributed by atoms with Crippen LogP contribution in [0.2, 0.25) is 0 Å². The Morgan fingerprint density at radius 1 is 1.33 bits per heavy atom. The van der Waals surface area contributed by atoms with E-state index >= 15 is 0 Å². The van der Waals surface area contributed by atoms with Gasteiger partial charge in [0.2, 0.25) is 0 Å². The second-order valence-corrected chi connectivity index (χ2v) is 4.80. The number of rotatable bonds is 2. The normalized spacial score (nSPS) is 12.2. The third kappa shape index (κ3) is 2.36. The van der Waals surface area contributed by atoms with Gasteiger partial charge in [-0.3, -0.25) is 0 Å². The maximum atomic E-state index is 4.30. The first-order chi connectivity index (χ1) is 7.06. The average Bonchev–Trinajstić information content (AvgIpc) is 2.57. The van der Waals surface area contributed by atoms with Gasteiger partial charge in [-0.05, 0) is 32.9 Å². The van der Waals surface area contributed by atoms with Crippen LogP contribution in [-0.2, 0) is 6.54 Å². The van der Waals surface area contributed by atoms with E-state index in [4.69, 9.17) is 0 Å². The van der Waals surface area contributed by atoms with E-state index in [2.05, 4.69) is 37.3 Å². The van der Waals surface area contributed by atoms with Crippen molar-refractivity contribution in [1.82, 2.24) is 14.9 Å². The Balaban J connectivity index is 2.22. The van der Waals surface area contributed by atoms with Gasteiger partial charge in [-0.2, -0.15) is 5.10 Å². The molecular formula is C12H17N3. The molecule has 80 valence electrons. The van der Waals surface area contributed by atoms with Gasteiger partial charge < -0.3 is 5.32 Å². The predicted octanol–water partition coefficient (Wildman–Crippen LogP) is 2.22. The number of nitrogens with one attached hydrogen (secondary N) is 1. The van der Waals surface area contributed by atoms with Crippen molar-refractivity contribution >= 4 is 5.52 Å². The lowest BCUT2D eigenvalue weighted by atomic mass is 10.1. The molecule has 3 nitrogen and oxygen atoms in total. The lowest BCUT2D eigenvalue weighted by molar-refractivity contribution is 0.425. The summed E-state index contributed by atoms with van der Waals surface area (Å²) in [5.41, 5.74) is 2.56. The zero-order valence-corrected chi connectivity index (χ0v) is 9.49. The summed E-state index contributed by atoms with van der Waals surface area (Å²) in [4.78, 5) is 0. The van der Waals surface area contributed by atoms with E-state index in [0.29, 0.717) is 0 Å². The summed E-state index contributed by atoms with van der Waals surface area (Å²) in [6, 6.07) is 6.12. The molecule has 0 fully saturated rings. The van der Waals surface area contributed by atoms with Crippen LogP contribution in [0.5, 0.6) is 0 Å². The van der Waals surface area contributed by atoms with Gasteiger partial charge in [0.1, 0.15) is 0 Å². The number of aromatic nitrogens is 2. The minimum atomic E-state index is 0.142. The van der Waals surface area contributed by atoms with Crippen LogP contribution in [0, 0.1) is 0 Å².